The van der Waals surface area contributed by atoms with Gasteiger partial charge in [0.2, 0.25) is 0 Å². The van der Waals surface area contributed by atoms with Crippen LogP contribution in [-0.2, 0) is 24.0 Å². The number of aromatic nitrogens is 3. The maximum Gasteiger partial charge on any atom is 0.165 e. The van der Waals surface area contributed by atoms with Gasteiger partial charge in [-0.15, -0.1) is 10.2 Å². The van der Waals surface area contributed by atoms with Crippen LogP contribution in [0.25, 0.3) is 0 Å². The van der Waals surface area contributed by atoms with Crippen molar-refractivity contribution in [1.29, 1.82) is 5.26 Å². The Balaban J connectivity index is 1.61. The second kappa shape index (κ2) is 6.27. The Hall–Kier alpha value is -2.19. The summed E-state index contributed by atoms with van der Waals surface area (Å²) in [6, 6.07) is 12.5. The highest BCUT2D eigenvalue weighted by Crippen LogP contribution is 2.46. The van der Waals surface area contributed by atoms with Gasteiger partial charge in [0.05, 0.1) is 11.5 Å². The number of benzene rings is 1. The predicted octanol–water partition coefficient (Wildman–Crippen LogP) is 3.23. The molecule has 1 aromatic carbocycles. The maximum atomic E-state index is 11.3. The molecule has 1 aliphatic heterocycles. The van der Waals surface area contributed by atoms with Crippen molar-refractivity contribution < 1.29 is 5.11 Å². The van der Waals surface area contributed by atoms with Crippen LogP contribution in [0.1, 0.15) is 62.2 Å². The van der Waals surface area contributed by atoms with Crippen LogP contribution in [0, 0.1) is 11.3 Å². The molecular weight excluding hydrogens is 312 g/mol. The van der Waals surface area contributed by atoms with Gasteiger partial charge in [-0.05, 0) is 44.1 Å². The van der Waals surface area contributed by atoms with Gasteiger partial charge in [-0.2, -0.15) is 5.26 Å². The van der Waals surface area contributed by atoms with Gasteiger partial charge in [0, 0.05) is 13.0 Å². The van der Waals surface area contributed by atoms with Gasteiger partial charge in [-0.3, -0.25) is 0 Å². The van der Waals surface area contributed by atoms with Crippen molar-refractivity contribution in [1.82, 2.24) is 14.8 Å². The maximum absolute atomic E-state index is 11.3. The molecular formula is C20H24N4O. The lowest BCUT2D eigenvalue weighted by molar-refractivity contribution is -0.0248. The Morgan fingerprint density at radius 2 is 1.76 bits per heavy atom. The van der Waals surface area contributed by atoms with E-state index < -0.39 is 11.0 Å². The molecule has 2 aliphatic rings. The van der Waals surface area contributed by atoms with Gasteiger partial charge in [-0.25, -0.2) is 0 Å². The number of hydrogen-bond acceptors (Lipinski definition) is 4. The molecule has 1 N–H and O–H groups in total. The van der Waals surface area contributed by atoms with Gasteiger partial charge in [0.1, 0.15) is 11.4 Å². The molecule has 0 unspecified atom stereocenters. The first kappa shape index (κ1) is 16.3. The SMILES string of the molecule is N#CC1(c2ccccc2)CCC(O)(c2nnc3n2CCCCC3)CC1. The quantitative estimate of drug-likeness (QED) is 0.913. The summed E-state index contributed by atoms with van der Waals surface area (Å²) in [4.78, 5) is 0. The lowest BCUT2D eigenvalue weighted by Gasteiger charge is -2.40. The van der Waals surface area contributed by atoms with Crippen LogP contribution in [0.2, 0.25) is 0 Å². The fourth-order valence-electron chi connectivity index (χ4n) is 4.37. The third-order valence-electron chi connectivity index (χ3n) is 6.00. The Bertz CT molecular complexity index is 782. The van der Waals surface area contributed by atoms with E-state index in [1.165, 1.54) is 6.42 Å². The van der Waals surface area contributed by atoms with Gasteiger partial charge in [0.15, 0.2) is 5.82 Å². The van der Waals surface area contributed by atoms with Gasteiger partial charge in [-0.1, -0.05) is 36.8 Å². The molecule has 1 saturated carbocycles. The first-order valence-corrected chi connectivity index (χ1v) is 9.29. The summed E-state index contributed by atoms with van der Waals surface area (Å²) in [5, 5.41) is 29.9. The van der Waals surface area contributed by atoms with E-state index in [-0.39, 0.29) is 0 Å². The molecule has 1 aliphatic carbocycles. The van der Waals surface area contributed by atoms with Crippen LogP contribution in [0.4, 0.5) is 0 Å². The molecule has 1 fully saturated rings. The molecule has 2 aromatic rings. The summed E-state index contributed by atoms with van der Waals surface area (Å²) in [6.07, 6.45) is 6.78. The van der Waals surface area contributed by atoms with Gasteiger partial charge in [0.25, 0.3) is 0 Å². The number of aliphatic hydroxyl groups is 1. The van der Waals surface area contributed by atoms with Crippen molar-refractivity contribution in [2.75, 3.05) is 0 Å². The van der Waals surface area contributed by atoms with Crippen molar-refractivity contribution in [3.63, 3.8) is 0 Å². The monoisotopic (exact) mass is 336 g/mol. The van der Waals surface area contributed by atoms with Gasteiger partial charge >= 0.3 is 0 Å². The third-order valence-corrected chi connectivity index (χ3v) is 6.00. The standard InChI is InChI=1S/C20H24N4O/c21-15-19(16-7-3-1-4-8-16)10-12-20(25,13-11-19)18-23-22-17-9-5-2-6-14-24(17)18/h1,3-4,7-8,25H,2,5-6,9-14H2. The van der Waals surface area contributed by atoms with Crippen molar-refractivity contribution in [2.45, 2.75) is 68.9 Å². The van der Waals surface area contributed by atoms with E-state index in [9.17, 15) is 10.4 Å². The minimum Gasteiger partial charge on any atom is -0.382 e. The van der Waals surface area contributed by atoms with E-state index in [0.29, 0.717) is 31.5 Å². The Morgan fingerprint density at radius 3 is 2.48 bits per heavy atom. The average Bonchev–Trinajstić information content (AvgIpc) is 2.93. The molecule has 0 radical (unpaired) electrons. The molecule has 5 nitrogen and oxygen atoms in total. The second-order valence-electron chi connectivity index (χ2n) is 7.49. The molecule has 4 rings (SSSR count). The summed E-state index contributed by atoms with van der Waals surface area (Å²) in [5.74, 6) is 1.71. The van der Waals surface area contributed by atoms with E-state index in [1.807, 2.05) is 30.3 Å². The van der Waals surface area contributed by atoms with Crippen LogP contribution in [0.3, 0.4) is 0 Å². The normalized spacial score (nSPS) is 29.4. The van der Waals surface area contributed by atoms with E-state index in [1.54, 1.807) is 0 Å². The minimum atomic E-state index is -0.968. The number of hydrogen-bond donors (Lipinski definition) is 1. The Kier molecular flexibility index (Phi) is 4.09. The summed E-state index contributed by atoms with van der Waals surface area (Å²) in [7, 11) is 0. The van der Waals surface area contributed by atoms with Crippen LogP contribution in [-0.4, -0.2) is 19.9 Å². The zero-order valence-electron chi connectivity index (χ0n) is 14.5. The predicted molar refractivity (Wildman–Crippen MR) is 93.7 cm³/mol. The summed E-state index contributed by atoms with van der Waals surface area (Å²) < 4.78 is 2.13. The summed E-state index contributed by atoms with van der Waals surface area (Å²) in [6.45, 7) is 0.891. The molecule has 0 saturated heterocycles. The lowest BCUT2D eigenvalue weighted by Crippen LogP contribution is -2.40. The average molecular weight is 336 g/mol. The first-order chi connectivity index (χ1) is 12.2. The van der Waals surface area contributed by atoms with E-state index >= 15 is 0 Å². The molecule has 1 aromatic heterocycles. The molecule has 0 amide bonds. The van der Waals surface area contributed by atoms with Crippen LogP contribution < -0.4 is 0 Å². The molecule has 0 spiro atoms. The Labute approximate surface area is 148 Å². The van der Waals surface area contributed by atoms with E-state index in [4.69, 9.17) is 0 Å². The summed E-state index contributed by atoms with van der Waals surface area (Å²) in [5.41, 5.74) is -0.417. The van der Waals surface area contributed by atoms with Crippen molar-refractivity contribution >= 4 is 0 Å². The topological polar surface area (TPSA) is 74.7 Å². The van der Waals surface area contributed by atoms with Crippen LogP contribution in [0.5, 0.6) is 0 Å². The van der Waals surface area contributed by atoms with Crippen LogP contribution >= 0.6 is 0 Å². The molecule has 130 valence electrons. The highest BCUT2D eigenvalue weighted by Gasteiger charge is 2.46. The smallest absolute Gasteiger partial charge is 0.165 e. The third kappa shape index (κ3) is 2.75. The van der Waals surface area contributed by atoms with E-state index in [0.717, 1.165) is 37.2 Å². The van der Waals surface area contributed by atoms with Crippen LogP contribution in [0.15, 0.2) is 30.3 Å². The fourth-order valence-corrected chi connectivity index (χ4v) is 4.37. The number of nitrogens with zero attached hydrogens (tertiary/aromatic N) is 4. The largest absolute Gasteiger partial charge is 0.382 e. The molecule has 25 heavy (non-hydrogen) atoms. The molecule has 0 bridgehead atoms. The van der Waals surface area contributed by atoms with Crippen molar-refractivity contribution in [3.05, 3.63) is 47.5 Å². The molecule has 2 heterocycles. The van der Waals surface area contributed by atoms with E-state index in [2.05, 4.69) is 20.8 Å². The highest BCUT2D eigenvalue weighted by molar-refractivity contribution is 5.34. The zero-order valence-corrected chi connectivity index (χ0v) is 14.5. The summed E-state index contributed by atoms with van der Waals surface area (Å²) >= 11 is 0. The van der Waals surface area contributed by atoms with Crippen molar-refractivity contribution in [3.8, 4) is 6.07 Å². The second-order valence-corrected chi connectivity index (χ2v) is 7.49. The zero-order chi connectivity index (χ0) is 17.3. The number of aryl methyl sites for hydroxylation is 1. The Morgan fingerprint density at radius 1 is 1.00 bits per heavy atom. The molecule has 5 heteroatoms. The number of rotatable bonds is 2. The number of fused-ring (bicyclic) bond motifs is 1. The van der Waals surface area contributed by atoms with Crippen molar-refractivity contribution in [2.24, 2.45) is 0 Å². The fraction of sp³-hybridized carbons (Fsp3) is 0.550. The molecule has 0 atom stereocenters. The first-order valence-electron chi connectivity index (χ1n) is 9.29. The number of nitriles is 1. The minimum absolute atomic E-state index is 0.505. The lowest BCUT2D eigenvalue weighted by atomic mass is 9.66. The highest BCUT2D eigenvalue weighted by atomic mass is 16.3. The van der Waals surface area contributed by atoms with Gasteiger partial charge < -0.3 is 9.67 Å².